The first-order valence-electron chi connectivity index (χ1n) is 9.74. The minimum absolute atomic E-state index is 0.186. The van der Waals surface area contributed by atoms with E-state index in [-0.39, 0.29) is 6.10 Å². The third-order valence-corrected chi connectivity index (χ3v) is 5.44. The molecule has 0 N–H and O–H groups in total. The second kappa shape index (κ2) is 8.33. The van der Waals surface area contributed by atoms with Gasteiger partial charge in [-0.05, 0) is 49.9 Å². The number of fused-ring (bicyclic) bond motifs is 1. The van der Waals surface area contributed by atoms with Crippen LogP contribution in [0, 0.1) is 12.8 Å². The van der Waals surface area contributed by atoms with Gasteiger partial charge >= 0.3 is 0 Å². The van der Waals surface area contributed by atoms with Gasteiger partial charge in [0.25, 0.3) is 0 Å². The van der Waals surface area contributed by atoms with E-state index >= 15 is 0 Å². The first-order valence-corrected chi connectivity index (χ1v) is 9.74. The minimum atomic E-state index is 0.186. The molecular weight excluding hydrogens is 326 g/mol. The van der Waals surface area contributed by atoms with Crippen LogP contribution >= 0.6 is 0 Å². The van der Waals surface area contributed by atoms with Crippen molar-refractivity contribution in [2.24, 2.45) is 5.92 Å². The predicted octanol–water partition coefficient (Wildman–Crippen LogP) is 3.02. The van der Waals surface area contributed by atoms with Crippen LogP contribution in [0.2, 0.25) is 0 Å². The van der Waals surface area contributed by atoms with Gasteiger partial charge in [0.1, 0.15) is 0 Å². The van der Waals surface area contributed by atoms with Crippen LogP contribution in [0.25, 0.3) is 0 Å². The molecule has 4 heterocycles. The molecule has 0 bridgehead atoms. The van der Waals surface area contributed by atoms with Crippen molar-refractivity contribution in [1.82, 2.24) is 14.5 Å². The van der Waals surface area contributed by atoms with Crippen molar-refractivity contribution >= 4 is 0 Å². The quantitative estimate of drug-likeness (QED) is 0.827. The van der Waals surface area contributed by atoms with Gasteiger partial charge in [0.15, 0.2) is 0 Å². The molecule has 26 heavy (non-hydrogen) atoms. The molecule has 0 spiro atoms. The highest BCUT2D eigenvalue weighted by molar-refractivity contribution is 5.10. The first kappa shape index (κ1) is 17.7. The smallest absolute Gasteiger partial charge is 0.0893 e. The molecule has 0 aliphatic carbocycles. The Morgan fingerprint density at radius 3 is 2.88 bits per heavy atom. The zero-order chi connectivity index (χ0) is 17.8. The van der Waals surface area contributed by atoms with Crippen molar-refractivity contribution in [3.05, 3.63) is 53.6 Å². The van der Waals surface area contributed by atoms with E-state index in [0.717, 1.165) is 56.7 Å². The summed E-state index contributed by atoms with van der Waals surface area (Å²) in [5.74, 6) is 0.740. The van der Waals surface area contributed by atoms with Gasteiger partial charge in [-0.1, -0.05) is 6.07 Å². The van der Waals surface area contributed by atoms with Gasteiger partial charge in [-0.15, -0.1) is 0 Å². The zero-order valence-electron chi connectivity index (χ0n) is 15.6. The van der Waals surface area contributed by atoms with Gasteiger partial charge in [0, 0.05) is 57.0 Å². The van der Waals surface area contributed by atoms with E-state index in [1.807, 2.05) is 19.1 Å². The molecule has 0 saturated carbocycles. The molecule has 2 aliphatic rings. The largest absolute Gasteiger partial charge is 0.381 e. The highest BCUT2D eigenvalue weighted by Crippen LogP contribution is 2.21. The van der Waals surface area contributed by atoms with E-state index < -0.39 is 0 Å². The molecule has 1 fully saturated rings. The fourth-order valence-electron chi connectivity index (χ4n) is 4.05. The molecule has 1 saturated heterocycles. The van der Waals surface area contributed by atoms with Crippen LogP contribution in [0.5, 0.6) is 0 Å². The first-order chi connectivity index (χ1) is 12.8. The summed E-state index contributed by atoms with van der Waals surface area (Å²) < 4.78 is 14.2. The maximum Gasteiger partial charge on any atom is 0.0893 e. The van der Waals surface area contributed by atoms with E-state index in [2.05, 4.69) is 38.8 Å². The molecule has 2 aliphatic heterocycles. The Labute approximate surface area is 155 Å². The monoisotopic (exact) mass is 355 g/mol. The third kappa shape index (κ3) is 4.53. The molecular formula is C21H29N3O2. The van der Waals surface area contributed by atoms with Gasteiger partial charge in [0.2, 0.25) is 0 Å². The Balaban J connectivity index is 1.41. The summed E-state index contributed by atoms with van der Waals surface area (Å²) in [6.45, 7) is 8.46. The Morgan fingerprint density at radius 1 is 1.15 bits per heavy atom. The number of aromatic nitrogens is 2. The zero-order valence-corrected chi connectivity index (χ0v) is 15.6. The Bertz CT molecular complexity index is 709. The van der Waals surface area contributed by atoms with Gasteiger partial charge < -0.3 is 14.0 Å². The van der Waals surface area contributed by atoms with Gasteiger partial charge in [0.05, 0.1) is 18.4 Å². The average Bonchev–Trinajstić information content (AvgIpc) is 3.00. The molecule has 140 valence electrons. The lowest BCUT2D eigenvalue weighted by molar-refractivity contribution is -0.000972. The van der Waals surface area contributed by atoms with E-state index in [1.165, 1.54) is 18.5 Å². The maximum absolute atomic E-state index is 6.30. The highest BCUT2D eigenvalue weighted by Gasteiger charge is 2.25. The summed E-state index contributed by atoms with van der Waals surface area (Å²) in [7, 11) is 0. The number of ether oxygens (including phenoxy) is 2. The lowest BCUT2D eigenvalue weighted by atomic mass is 9.99. The minimum Gasteiger partial charge on any atom is -0.381 e. The van der Waals surface area contributed by atoms with Crippen molar-refractivity contribution in [2.45, 2.75) is 45.6 Å². The summed E-state index contributed by atoms with van der Waals surface area (Å²) in [4.78, 5) is 7.14. The molecule has 0 aromatic carbocycles. The lowest BCUT2D eigenvalue weighted by Gasteiger charge is -2.30. The SMILES string of the molecule is Cc1cccc(COC2CN(CC3CCOCC3)Cc3cccn3C2)n1. The van der Waals surface area contributed by atoms with E-state index in [4.69, 9.17) is 9.47 Å². The number of pyridine rings is 1. The van der Waals surface area contributed by atoms with Crippen molar-refractivity contribution in [2.75, 3.05) is 26.3 Å². The second-order valence-corrected chi connectivity index (χ2v) is 7.61. The molecule has 5 nitrogen and oxygen atoms in total. The topological polar surface area (TPSA) is 39.5 Å². The average molecular weight is 355 g/mol. The molecule has 4 rings (SSSR count). The summed E-state index contributed by atoms with van der Waals surface area (Å²) in [6.07, 6.45) is 4.71. The van der Waals surface area contributed by atoms with E-state index in [0.29, 0.717) is 6.61 Å². The number of rotatable bonds is 5. The molecule has 2 aromatic rings. The fraction of sp³-hybridized carbons (Fsp3) is 0.571. The van der Waals surface area contributed by atoms with E-state index in [9.17, 15) is 0 Å². The van der Waals surface area contributed by atoms with Gasteiger partial charge in [-0.2, -0.15) is 0 Å². The van der Waals surface area contributed by atoms with Crippen LogP contribution < -0.4 is 0 Å². The Hall–Kier alpha value is -1.69. The number of hydrogen-bond acceptors (Lipinski definition) is 4. The van der Waals surface area contributed by atoms with Crippen molar-refractivity contribution in [3.8, 4) is 0 Å². The van der Waals surface area contributed by atoms with Crippen LogP contribution in [0.4, 0.5) is 0 Å². The Morgan fingerprint density at radius 2 is 2.04 bits per heavy atom. The van der Waals surface area contributed by atoms with Gasteiger partial charge in [-0.25, -0.2) is 0 Å². The number of aryl methyl sites for hydroxylation is 1. The summed E-state index contributed by atoms with van der Waals surface area (Å²) in [5, 5.41) is 0. The highest BCUT2D eigenvalue weighted by atomic mass is 16.5. The van der Waals surface area contributed by atoms with Crippen LogP contribution in [-0.4, -0.2) is 46.9 Å². The lowest BCUT2D eigenvalue weighted by Crippen LogP contribution is -2.37. The maximum atomic E-state index is 6.30. The van der Waals surface area contributed by atoms with Crippen molar-refractivity contribution in [1.29, 1.82) is 0 Å². The molecule has 0 radical (unpaired) electrons. The van der Waals surface area contributed by atoms with Crippen molar-refractivity contribution in [3.63, 3.8) is 0 Å². The summed E-state index contributed by atoms with van der Waals surface area (Å²) in [6, 6.07) is 10.5. The molecule has 2 aromatic heterocycles. The van der Waals surface area contributed by atoms with Crippen molar-refractivity contribution < 1.29 is 9.47 Å². The molecule has 1 atom stereocenters. The van der Waals surface area contributed by atoms with Crippen LogP contribution in [0.3, 0.4) is 0 Å². The third-order valence-electron chi connectivity index (χ3n) is 5.44. The van der Waals surface area contributed by atoms with E-state index in [1.54, 1.807) is 0 Å². The normalized spacial score (nSPS) is 22.1. The Kier molecular flexibility index (Phi) is 5.68. The number of hydrogen-bond donors (Lipinski definition) is 0. The molecule has 1 unspecified atom stereocenters. The van der Waals surface area contributed by atoms with Crippen LogP contribution in [-0.2, 0) is 29.2 Å². The van der Waals surface area contributed by atoms with Gasteiger partial charge in [-0.3, -0.25) is 9.88 Å². The van der Waals surface area contributed by atoms with Crippen LogP contribution in [0.1, 0.15) is 29.9 Å². The standard InChI is InChI=1S/C21H29N3O2/c1-17-4-2-5-19(22-17)16-26-21-14-23(12-18-7-10-25-11-8-18)13-20-6-3-9-24(20)15-21/h2-6,9,18,21H,7-8,10-16H2,1H3. The molecule has 0 amide bonds. The molecule has 5 heteroatoms. The predicted molar refractivity (Wildman–Crippen MR) is 101 cm³/mol. The summed E-state index contributed by atoms with van der Waals surface area (Å²) in [5.41, 5.74) is 3.44. The fourth-order valence-corrected chi connectivity index (χ4v) is 4.05. The number of nitrogens with zero attached hydrogens (tertiary/aromatic N) is 3. The summed E-state index contributed by atoms with van der Waals surface area (Å²) >= 11 is 0. The second-order valence-electron chi connectivity index (χ2n) is 7.61. The van der Waals surface area contributed by atoms with Crippen LogP contribution in [0.15, 0.2) is 36.5 Å².